The fraction of sp³-hybridized carbons (Fsp3) is 0.364. The molecule has 80 valence electrons. The van der Waals surface area contributed by atoms with E-state index >= 15 is 0 Å². The molecule has 0 unspecified atom stereocenters. The molecule has 2 rings (SSSR count). The Morgan fingerprint density at radius 3 is 2.73 bits per heavy atom. The molecule has 4 heteroatoms. The molecule has 1 heterocycles. The quantitative estimate of drug-likeness (QED) is 0.731. The lowest BCUT2D eigenvalue weighted by molar-refractivity contribution is 0.376. The van der Waals surface area contributed by atoms with Crippen LogP contribution in [0.2, 0.25) is 5.02 Å². The Morgan fingerprint density at radius 2 is 2.00 bits per heavy atom. The van der Waals surface area contributed by atoms with Gasteiger partial charge < -0.3 is 4.90 Å². The highest BCUT2D eigenvalue weighted by atomic mass is 35.5. The van der Waals surface area contributed by atoms with Gasteiger partial charge in [-0.15, -0.1) is 0 Å². The summed E-state index contributed by atoms with van der Waals surface area (Å²) >= 11 is 5.97. The largest absolute Gasteiger partial charge is 0.332 e. The molecular weight excluding hydrogens is 210 g/mol. The molecular formula is C11H14ClN3. The highest BCUT2D eigenvalue weighted by Crippen LogP contribution is 2.26. The van der Waals surface area contributed by atoms with Crippen LogP contribution in [0, 0.1) is 5.41 Å². The lowest BCUT2D eigenvalue weighted by atomic mass is 10.1. The Kier molecular flexibility index (Phi) is 2.67. The van der Waals surface area contributed by atoms with Crippen molar-refractivity contribution in [2.75, 3.05) is 25.5 Å². The third-order valence-electron chi connectivity index (χ3n) is 2.67. The van der Waals surface area contributed by atoms with Gasteiger partial charge >= 0.3 is 0 Å². The number of benzene rings is 1. The zero-order valence-electron chi connectivity index (χ0n) is 8.92. The average Bonchev–Trinajstić information content (AvgIpc) is 2.25. The minimum atomic E-state index is 0.610. The van der Waals surface area contributed by atoms with E-state index in [-0.39, 0.29) is 0 Å². The number of nitrogens with zero attached hydrogens (tertiary/aromatic N) is 2. The first kappa shape index (κ1) is 10.5. The van der Waals surface area contributed by atoms with Gasteiger partial charge in [0.05, 0.1) is 6.54 Å². The van der Waals surface area contributed by atoms with Gasteiger partial charge in [0.25, 0.3) is 0 Å². The minimum Gasteiger partial charge on any atom is -0.332 e. The Hall–Kier alpha value is -1.06. The summed E-state index contributed by atoms with van der Waals surface area (Å²) in [7, 11) is 3.94. The number of likely N-dealkylation sites (N-methyl/N-ethyl adjacent to an activating group) is 2. The van der Waals surface area contributed by atoms with Gasteiger partial charge in [0, 0.05) is 24.3 Å². The van der Waals surface area contributed by atoms with E-state index in [4.69, 9.17) is 17.0 Å². The second-order valence-electron chi connectivity index (χ2n) is 3.95. The standard InChI is InChI=1S/C11H14ClN3/c1-14-6-8-5-9(12)3-4-10(8)15(2)11(13)7-14/h3-5,13H,6-7H2,1-2H3. The average molecular weight is 224 g/mol. The smallest absolute Gasteiger partial charge is 0.114 e. The first-order chi connectivity index (χ1) is 7.08. The summed E-state index contributed by atoms with van der Waals surface area (Å²) in [6, 6.07) is 5.82. The van der Waals surface area contributed by atoms with Gasteiger partial charge in [0.1, 0.15) is 5.84 Å². The number of rotatable bonds is 0. The molecule has 0 aliphatic carbocycles. The number of hydrogen-bond acceptors (Lipinski definition) is 2. The molecule has 1 aromatic carbocycles. The molecule has 0 atom stereocenters. The third kappa shape index (κ3) is 1.98. The maximum absolute atomic E-state index is 7.90. The second kappa shape index (κ2) is 3.83. The number of hydrogen-bond donors (Lipinski definition) is 1. The zero-order valence-corrected chi connectivity index (χ0v) is 9.67. The predicted molar refractivity (Wildman–Crippen MR) is 63.9 cm³/mol. The SMILES string of the molecule is CN1CC(=N)N(C)c2ccc(Cl)cc2C1. The molecule has 1 aliphatic heterocycles. The van der Waals surface area contributed by atoms with Gasteiger partial charge in [-0.2, -0.15) is 0 Å². The van der Waals surface area contributed by atoms with Crippen LogP contribution in [0.5, 0.6) is 0 Å². The van der Waals surface area contributed by atoms with Crippen molar-refractivity contribution in [2.45, 2.75) is 6.54 Å². The van der Waals surface area contributed by atoms with Crippen LogP contribution in [0.1, 0.15) is 5.56 Å². The van der Waals surface area contributed by atoms with Crippen LogP contribution in [0.4, 0.5) is 5.69 Å². The van der Waals surface area contributed by atoms with Crippen LogP contribution in [-0.4, -0.2) is 31.4 Å². The van der Waals surface area contributed by atoms with Gasteiger partial charge in [-0.1, -0.05) is 11.6 Å². The zero-order chi connectivity index (χ0) is 11.0. The maximum atomic E-state index is 7.90. The van der Waals surface area contributed by atoms with E-state index in [0.29, 0.717) is 12.4 Å². The van der Waals surface area contributed by atoms with Crippen LogP contribution < -0.4 is 4.90 Å². The van der Waals surface area contributed by atoms with E-state index < -0.39 is 0 Å². The molecule has 0 spiro atoms. The summed E-state index contributed by atoms with van der Waals surface area (Å²) in [5.41, 5.74) is 2.25. The van der Waals surface area contributed by atoms with Crippen molar-refractivity contribution in [1.82, 2.24) is 4.90 Å². The van der Waals surface area contributed by atoms with E-state index in [1.165, 1.54) is 5.56 Å². The normalized spacial score (nSPS) is 17.5. The van der Waals surface area contributed by atoms with Crippen molar-refractivity contribution in [3.63, 3.8) is 0 Å². The Morgan fingerprint density at radius 1 is 1.27 bits per heavy atom. The highest BCUT2D eigenvalue weighted by molar-refractivity contribution is 6.30. The maximum Gasteiger partial charge on any atom is 0.114 e. The molecule has 3 nitrogen and oxygen atoms in total. The molecule has 0 saturated carbocycles. The monoisotopic (exact) mass is 223 g/mol. The molecule has 0 radical (unpaired) electrons. The first-order valence-electron chi connectivity index (χ1n) is 4.86. The fourth-order valence-electron chi connectivity index (χ4n) is 1.86. The number of amidine groups is 1. The van der Waals surface area contributed by atoms with Gasteiger partial charge in [-0.05, 0) is 30.8 Å². The van der Waals surface area contributed by atoms with E-state index in [0.717, 1.165) is 17.3 Å². The summed E-state index contributed by atoms with van der Waals surface area (Å²) in [5, 5.41) is 8.65. The van der Waals surface area contributed by atoms with Crippen LogP contribution in [-0.2, 0) is 6.54 Å². The summed E-state index contributed by atoms with van der Waals surface area (Å²) in [6.07, 6.45) is 0. The molecule has 0 aromatic heterocycles. The molecule has 15 heavy (non-hydrogen) atoms. The van der Waals surface area contributed by atoms with Crippen LogP contribution >= 0.6 is 11.6 Å². The molecule has 1 N–H and O–H groups in total. The summed E-state index contributed by atoms with van der Waals surface area (Å²) in [5.74, 6) is 0.610. The van der Waals surface area contributed by atoms with Crippen molar-refractivity contribution in [3.05, 3.63) is 28.8 Å². The first-order valence-corrected chi connectivity index (χ1v) is 5.24. The van der Waals surface area contributed by atoms with Crippen molar-refractivity contribution in [2.24, 2.45) is 0 Å². The lowest BCUT2D eigenvalue weighted by Gasteiger charge is -2.19. The van der Waals surface area contributed by atoms with Gasteiger partial charge in [0.2, 0.25) is 0 Å². The summed E-state index contributed by atoms with van der Waals surface area (Å²) in [6.45, 7) is 1.51. The Labute approximate surface area is 94.8 Å². The molecule has 0 saturated heterocycles. The molecule has 0 bridgehead atoms. The fourth-order valence-corrected chi connectivity index (χ4v) is 2.06. The molecule has 1 aromatic rings. The van der Waals surface area contributed by atoms with E-state index in [2.05, 4.69) is 4.90 Å². The van der Waals surface area contributed by atoms with E-state index in [1.807, 2.05) is 37.2 Å². The van der Waals surface area contributed by atoms with Crippen LogP contribution in [0.3, 0.4) is 0 Å². The second-order valence-corrected chi connectivity index (χ2v) is 4.39. The Bertz CT molecular complexity index is 403. The van der Waals surface area contributed by atoms with E-state index in [1.54, 1.807) is 0 Å². The Balaban J connectivity index is 2.49. The lowest BCUT2D eigenvalue weighted by Crippen LogP contribution is -2.32. The van der Waals surface area contributed by atoms with Gasteiger partial charge in [-0.25, -0.2) is 0 Å². The molecule has 0 amide bonds. The summed E-state index contributed by atoms with van der Waals surface area (Å²) < 4.78 is 0. The summed E-state index contributed by atoms with van der Waals surface area (Å²) in [4.78, 5) is 4.02. The number of fused-ring (bicyclic) bond motifs is 1. The topological polar surface area (TPSA) is 30.3 Å². The molecule has 0 fully saturated rings. The van der Waals surface area contributed by atoms with E-state index in [9.17, 15) is 0 Å². The van der Waals surface area contributed by atoms with Crippen molar-refractivity contribution in [3.8, 4) is 0 Å². The van der Waals surface area contributed by atoms with Crippen molar-refractivity contribution < 1.29 is 0 Å². The van der Waals surface area contributed by atoms with Crippen LogP contribution in [0.25, 0.3) is 0 Å². The molecule has 1 aliphatic rings. The number of halogens is 1. The number of anilines is 1. The van der Waals surface area contributed by atoms with Crippen molar-refractivity contribution in [1.29, 1.82) is 5.41 Å². The van der Waals surface area contributed by atoms with Gasteiger partial charge in [-0.3, -0.25) is 10.3 Å². The minimum absolute atomic E-state index is 0.610. The predicted octanol–water partition coefficient (Wildman–Crippen LogP) is 2.20. The van der Waals surface area contributed by atoms with Crippen molar-refractivity contribution >= 4 is 23.1 Å². The van der Waals surface area contributed by atoms with Crippen LogP contribution in [0.15, 0.2) is 18.2 Å². The highest BCUT2D eigenvalue weighted by Gasteiger charge is 2.18. The van der Waals surface area contributed by atoms with Gasteiger partial charge in [0.15, 0.2) is 0 Å². The third-order valence-corrected chi connectivity index (χ3v) is 2.90. The number of nitrogens with one attached hydrogen (secondary N) is 1.